The SMILES string of the molecule is Cc1ccc(COc2ccc(C=NNC(=O)COc3ccccc3Cl)cc2)cc1. The summed E-state index contributed by atoms with van der Waals surface area (Å²) < 4.78 is 11.1. The van der Waals surface area contributed by atoms with E-state index in [2.05, 4.69) is 41.7 Å². The summed E-state index contributed by atoms with van der Waals surface area (Å²) in [7, 11) is 0. The molecule has 0 aliphatic carbocycles. The highest BCUT2D eigenvalue weighted by Gasteiger charge is 2.04. The number of hydrogen-bond donors (Lipinski definition) is 1. The van der Waals surface area contributed by atoms with Crippen molar-refractivity contribution in [2.45, 2.75) is 13.5 Å². The van der Waals surface area contributed by atoms with E-state index in [9.17, 15) is 4.79 Å². The van der Waals surface area contributed by atoms with Gasteiger partial charge in [0.25, 0.3) is 5.91 Å². The number of carbonyl (C=O) groups is 1. The first-order valence-corrected chi connectivity index (χ1v) is 9.45. The summed E-state index contributed by atoms with van der Waals surface area (Å²) in [4.78, 5) is 11.8. The summed E-state index contributed by atoms with van der Waals surface area (Å²) in [6.45, 7) is 2.39. The summed E-state index contributed by atoms with van der Waals surface area (Å²) >= 11 is 5.97. The fraction of sp³-hybridized carbons (Fsp3) is 0.130. The highest BCUT2D eigenvalue weighted by molar-refractivity contribution is 6.32. The Bertz CT molecular complexity index is 970. The molecule has 0 aliphatic rings. The van der Waals surface area contributed by atoms with Gasteiger partial charge in [0.2, 0.25) is 0 Å². The molecule has 0 fully saturated rings. The molecule has 0 saturated heterocycles. The Hall–Kier alpha value is -3.31. The van der Waals surface area contributed by atoms with Gasteiger partial charge in [0.1, 0.15) is 18.1 Å². The number of hydrogen-bond acceptors (Lipinski definition) is 4. The van der Waals surface area contributed by atoms with E-state index in [1.807, 2.05) is 24.3 Å². The number of nitrogens with one attached hydrogen (secondary N) is 1. The largest absolute Gasteiger partial charge is 0.489 e. The standard InChI is InChI=1S/C23H21ClN2O3/c1-17-6-8-19(9-7-17)15-28-20-12-10-18(11-13-20)14-25-26-23(27)16-29-22-5-3-2-4-21(22)24/h2-14H,15-16H2,1H3,(H,26,27). The van der Waals surface area contributed by atoms with Crippen LogP contribution in [0.25, 0.3) is 0 Å². The van der Waals surface area contributed by atoms with Crippen molar-refractivity contribution in [2.24, 2.45) is 5.10 Å². The fourth-order valence-electron chi connectivity index (χ4n) is 2.42. The Kier molecular flexibility index (Phi) is 7.25. The minimum absolute atomic E-state index is 0.174. The van der Waals surface area contributed by atoms with Gasteiger partial charge in [0.15, 0.2) is 6.61 Å². The van der Waals surface area contributed by atoms with Crippen molar-refractivity contribution in [2.75, 3.05) is 6.61 Å². The number of benzene rings is 3. The van der Waals surface area contributed by atoms with E-state index >= 15 is 0 Å². The molecule has 0 atom stereocenters. The van der Waals surface area contributed by atoms with Crippen LogP contribution in [0.5, 0.6) is 11.5 Å². The zero-order chi connectivity index (χ0) is 20.5. The molecule has 3 rings (SSSR count). The van der Waals surface area contributed by atoms with Gasteiger partial charge in [-0.15, -0.1) is 0 Å². The van der Waals surface area contributed by atoms with E-state index in [0.717, 1.165) is 16.9 Å². The van der Waals surface area contributed by atoms with Crippen molar-refractivity contribution >= 4 is 23.7 Å². The highest BCUT2D eigenvalue weighted by atomic mass is 35.5. The first-order chi connectivity index (χ1) is 14.1. The van der Waals surface area contributed by atoms with E-state index < -0.39 is 0 Å². The molecule has 1 amide bonds. The minimum Gasteiger partial charge on any atom is -0.489 e. The zero-order valence-electron chi connectivity index (χ0n) is 16.0. The van der Waals surface area contributed by atoms with E-state index in [4.69, 9.17) is 21.1 Å². The Morgan fingerprint density at radius 2 is 1.72 bits per heavy atom. The van der Waals surface area contributed by atoms with Gasteiger partial charge in [-0.1, -0.05) is 53.6 Å². The van der Waals surface area contributed by atoms with Crippen molar-refractivity contribution in [3.63, 3.8) is 0 Å². The molecule has 0 unspecified atom stereocenters. The van der Waals surface area contributed by atoms with Crippen LogP contribution in [-0.4, -0.2) is 18.7 Å². The lowest BCUT2D eigenvalue weighted by Crippen LogP contribution is -2.24. The molecule has 0 heterocycles. The Morgan fingerprint density at radius 3 is 2.45 bits per heavy atom. The maximum absolute atomic E-state index is 11.8. The average molecular weight is 409 g/mol. The molecule has 0 aliphatic heterocycles. The van der Waals surface area contributed by atoms with Gasteiger partial charge < -0.3 is 9.47 Å². The summed E-state index contributed by atoms with van der Waals surface area (Å²) in [6, 6.07) is 22.6. The summed E-state index contributed by atoms with van der Waals surface area (Å²) in [5.41, 5.74) is 5.59. The lowest BCUT2D eigenvalue weighted by atomic mass is 10.2. The third-order valence-corrected chi connectivity index (χ3v) is 4.32. The quantitative estimate of drug-likeness (QED) is 0.432. The predicted octanol–water partition coefficient (Wildman–Crippen LogP) is 4.76. The Balaban J connectivity index is 1.42. The smallest absolute Gasteiger partial charge is 0.277 e. The van der Waals surface area contributed by atoms with E-state index in [1.165, 1.54) is 5.56 Å². The number of halogens is 1. The van der Waals surface area contributed by atoms with Crippen molar-refractivity contribution in [3.8, 4) is 11.5 Å². The van der Waals surface area contributed by atoms with Gasteiger partial charge >= 0.3 is 0 Å². The average Bonchev–Trinajstić information content (AvgIpc) is 2.74. The molecule has 1 N–H and O–H groups in total. The van der Waals surface area contributed by atoms with Crippen LogP contribution in [0.4, 0.5) is 0 Å². The van der Waals surface area contributed by atoms with Gasteiger partial charge in [0, 0.05) is 0 Å². The van der Waals surface area contributed by atoms with Crippen molar-refractivity contribution < 1.29 is 14.3 Å². The molecule has 0 saturated carbocycles. The topological polar surface area (TPSA) is 59.9 Å². The van der Waals surface area contributed by atoms with Gasteiger partial charge in [-0.2, -0.15) is 5.10 Å². The monoisotopic (exact) mass is 408 g/mol. The third kappa shape index (κ3) is 6.66. The Labute approximate surface area is 174 Å². The summed E-state index contributed by atoms with van der Waals surface area (Å²) in [6.07, 6.45) is 1.55. The van der Waals surface area contributed by atoms with Crippen LogP contribution >= 0.6 is 11.6 Å². The number of amides is 1. The fourth-order valence-corrected chi connectivity index (χ4v) is 2.61. The van der Waals surface area contributed by atoms with Crippen LogP contribution in [0.3, 0.4) is 0 Å². The maximum Gasteiger partial charge on any atom is 0.277 e. The molecule has 0 bridgehead atoms. The molecule has 3 aromatic carbocycles. The number of nitrogens with zero attached hydrogens (tertiary/aromatic N) is 1. The number of rotatable bonds is 8. The summed E-state index contributed by atoms with van der Waals surface area (Å²) in [5, 5.41) is 4.38. The molecular formula is C23H21ClN2O3. The molecular weight excluding hydrogens is 388 g/mol. The van der Waals surface area contributed by atoms with E-state index in [1.54, 1.807) is 30.5 Å². The summed E-state index contributed by atoms with van der Waals surface area (Å²) in [5.74, 6) is 0.841. The van der Waals surface area contributed by atoms with Crippen LogP contribution in [0.1, 0.15) is 16.7 Å². The highest BCUT2D eigenvalue weighted by Crippen LogP contribution is 2.22. The molecule has 5 nitrogen and oxygen atoms in total. The van der Waals surface area contributed by atoms with Crippen molar-refractivity contribution in [1.82, 2.24) is 5.43 Å². The van der Waals surface area contributed by atoms with Gasteiger partial charge in [0.05, 0.1) is 11.2 Å². The van der Waals surface area contributed by atoms with Crippen LogP contribution < -0.4 is 14.9 Å². The molecule has 3 aromatic rings. The van der Waals surface area contributed by atoms with Gasteiger partial charge in [-0.3, -0.25) is 4.79 Å². The second kappa shape index (κ2) is 10.3. The normalized spacial score (nSPS) is 10.7. The molecule has 29 heavy (non-hydrogen) atoms. The number of hydrazone groups is 1. The van der Waals surface area contributed by atoms with Gasteiger partial charge in [-0.25, -0.2) is 5.43 Å². The zero-order valence-corrected chi connectivity index (χ0v) is 16.7. The first kappa shape index (κ1) is 20.4. The number of aryl methyl sites for hydroxylation is 1. The third-order valence-electron chi connectivity index (χ3n) is 4.00. The Morgan fingerprint density at radius 1 is 1.00 bits per heavy atom. The van der Waals surface area contributed by atoms with E-state index in [0.29, 0.717) is 17.4 Å². The van der Waals surface area contributed by atoms with Crippen molar-refractivity contribution in [3.05, 3.63) is 94.5 Å². The van der Waals surface area contributed by atoms with Crippen LogP contribution in [-0.2, 0) is 11.4 Å². The van der Waals surface area contributed by atoms with Gasteiger partial charge in [-0.05, 0) is 54.4 Å². The molecule has 0 spiro atoms. The predicted molar refractivity (Wildman–Crippen MR) is 115 cm³/mol. The molecule has 0 aromatic heterocycles. The van der Waals surface area contributed by atoms with Crippen molar-refractivity contribution in [1.29, 1.82) is 0 Å². The van der Waals surface area contributed by atoms with Crippen LogP contribution in [0.15, 0.2) is 77.9 Å². The number of ether oxygens (including phenoxy) is 2. The number of para-hydroxylation sites is 1. The second-order valence-electron chi connectivity index (χ2n) is 6.36. The molecule has 6 heteroatoms. The lowest BCUT2D eigenvalue weighted by Gasteiger charge is -2.07. The van der Waals surface area contributed by atoms with Crippen LogP contribution in [0, 0.1) is 6.92 Å². The lowest BCUT2D eigenvalue weighted by molar-refractivity contribution is -0.123. The molecule has 0 radical (unpaired) electrons. The van der Waals surface area contributed by atoms with Crippen LogP contribution in [0.2, 0.25) is 5.02 Å². The molecule has 148 valence electrons. The second-order valence-corrected chi connectivity index (χ2v) is 6.76. The van der Waals surface area contributed by atoms with E-state index in [-0.39, 0.29) is 12.5 Å². The first-order valence-electron chi connectivity index (χ1n) is 9.08. The maximum atomic E-state index is 11.8. The minimum atomic E-state index is -0.376. The number of carbonyl (C=O) groups excluding carboxylic acids is 1.